The van der Waals surface area contributed by atoms with E-state index in [2.05, 4.69) is 0 Å². The molecule has 1 aliphatic rings. The molecular weight excluding hydrogens is 634 g/mol. The van der Waals surface area contributed by atoms with E-state index in [1.54, 1.807) is 36.4 Å². The Kier molecular flexibility index (Phi) is 8.91. The van der Waals surface area contributed by atoms with Crippen molar-refractivity contribution >= 4 is 38.7 Å². The number of nitro groups is 2. The molecule has 0 amide bonds. The fraction of sp³-hybridized carbons (Fsp3) is 0.111. The van der Waals surface area contributed by atoms with E-state index in [9.17, 15) is 28.6 Å². The number of sulfonamides is 1. The molecule has 0 fully saturated rings. The maximum atomic E-state index is 13.9. The Bertz CT molecular complexity index is 2140. The highest BCUT2D eigenvalue weighted by atomic mass is 32.2. The molecule has 5 aromatic rings. The molecule has 0 saturated carbocycles. The average molecular weight is 664 g/mol. The summed E-state index contributed by atoms with van der Waals surface area (Å²) in [6, 6.07) is 32.3. The Hall–Kier alpha value is -6.01. The molecule has 0 aromatic heterocycles. The van der Waals surface area contributed by atoms with Crippen LogP contribution in [0, 0.1) is 27.2 Å². The van der Waals surface area contributed by atoms with Crippen LogP contribution >= 0.6 is 0 Å². The minimum absolute atomic E-state index is 0.0281. The van der Waals surface area contributed by atoms with Gasteiger partial charge in [0, 0.05) is 17.7 Å². The molecule has 242 valence electrons. The van der Waals surface area contributed by atoms with Crippen molar-refractivity contribution < 1.29 is 27.7 Å². The predicted molar refractivity (Wildman–Crippen MR) is 181 cm³/mol. The molecule has 0 unspecified atom stereocenters. The lowest BCUT2D eigenvalue weighted by Gasteiger charge is -2.19. The number of hydrogen-bond donors (Lipinski definition) is 0. The van der Waals surface area contributed by atoms with Crippen LogP contribution in [0.3, 0.4) is 0 Å². The summed E-state index contributed by atoms with van der Waals surface area (Å²) < 4.78 is 41.1. The molecule has 0 radical (unpaired) electrons. The standard InChI is InChI=1S/C36H29N3O8S/c1-25-12-16-32(17-13-25)48(44,45)37-22-29(36-33(37)19-30(38(40)41)20-34(36)39(42)43)18-28-14-15-31(46-23-26-8-4-2-5-9-26)21-35(28)47-24-27-10-6-3-7-11-27/h2-21H,22-24H2,1H3/b29-18+. The highest BCUT2D eigenvalue weighted by Crippen LogP contribution is 2.47. The summed E-state index contributed by atoms with van der Waals surface area (Å²) in [6.07, 6.45) is 1.61. The van der Waals surface area contributed by atoms with Gasteiger partial charge in [0.15, 0.2) is 0 Å². The Morgan fingerprint density at radius 3 is 2.00 bits per heavy atom. The lowest BCUT2D eigenvalue weighted by Crippen LogP contribution is -2.29. The normalized spacial score (nSPS) is 13.3. The van der Waals surface area contributed by atoms with Crippen LogP contribution in [0.5, 0.6) is 11.5 Å². The zero-order valence-electron chi connectivity index (χ0n) is 25.7. The van der Waals surface area contributed by atoms with E-state index in [4.69, 9.17) is 9.47 Å². The third kappa shape index (κ3) is 6.74. The van der Waals surface area contributed by atoms with E-state index in [0.29, 0.717) is 23.7 Å². The average Bonchev–Trinajstić information content (AvgIpc) is 3.46. The first-order valence-electron chi connectivity index (χ1n) is 14.8. The Morgan fingerprint density at radius 2 is 1.40 bits per heavy atom. The summed E-state index contributed by atoms with van der Waals surface area (Å²) in [5, 5.41) is 24.1. The Balaban J connectivity index is 1.46. The molecule has 12 heteroatoms. The van der Waals surface area contributed by atoms with Gasteiger partial charge in [-0.3, -0.25) is 24.5 Å². The van der Waals surface area contributed by atoms with Crippen LogP contribution in [0.4, 0.5) is 17.1 Å². The van der Waals surface area contributed by atoms with Crippen LogP contribution in [-0.4, -0.2) is 24.8 Å². The number of benzene rings is 5. The maximum Gasteiger partial charge on any atom is 0.285 e. The van der Waals surface area contributed by atoms with Gasteiger partial charge in [-0.15, -0.1) is 0 Å². The minimum Gasteiger partial charge on any atom is -0.489 e. The summed E-state index contributed by atoms with van der Waals surface area (Å²) in [6.45, 7) is 2.02. The van der Waals surface area contributed by atoms with Crippen molar-refractivity contribution in [3.8, 4) is 11.5 Å². The summed E-state index contributed by atoms with van der Waals surface area (Å²) in [5.74, 6) is 0.906. The fourth-order valence-corrected chi connectivity index (χ4v) is 6.82. The quantitative estimate of drug-likeness (QED) is 0.103. The van der Waals surface area contributed by atoms with Crippen molar-refractivity contribution in [2.75, 3.05) is 10.8 Å². The summed E-state index contributed by atoms with van der Waals surface area (Å²) in [4.78, 5) is 22.5. The van der Waals surface area contributed by atoms with Crippen molar-refractivity contribution in [3.63, 3.8) is 0 Å². The van der Waals surface area contributed by atoms with Gasteiger partial charge in [0.25, 0.3) is 21.4 Å². The third-order valence-corrected chi connectivity index (χ3v) is 9.58. The summed E-state index contributed by atoms with van der Waals surface area (Å²) in [5.41, 5.74) is 2.11. The summed E-state index contributed by atoms with van der Waals surface area (Å²) >= 11 is 0. The molecule has 1 aliphatic heterocycles. The molecule has 0 bridgehead atoms. The van der Waals surface area contributed by atoms with Gasteiger partial charge in [0.1, 0.15) is 24.7 Å². The first-order valence-corrected chi connectivity index (χ1v) is 16.3. The van der Waals surface area contributed by atoms with Gasteiger partial charge in [0.05, 0.1) is 38.6 Å². The number of non-ortho nitro benzene ring substituents is 1. The Morgan fingerprint density at radius 1 is 0.771 bits per heavy atom. The van der Waals surface area contributed by atoms with Crippen molar-refractivity contribution in [1.82, 2.24) is 0 Å². The zero-order chi connectivity index (χ0) is 33.8. The molecule has 48 heavy (non-hydrogen) atoms. The highest BCUT2D eigenvalue weighted by Gasteiger charge is 2.40. The molecule has 0 saturated heterocycles. The van der Waals surface area contributed by atoms with Gasteiger partial charge in [-0.25, -0.2) is 8.42 Å². The van der Waals surface area contributed by atoms with Crippen molar-refractivity contribution in [3.05, 3.63) is 163 Å². The molecule has 0 atom stereocenters. The monoisotopic (exact) mass is 663 g/mol. The van der Waals surface area contributed by atoms with E-state index < -0.39 is 31.2 Å². The minimum atomic E-state index is -4.28. The van der Waals surface area contributed by atoms with Crippen LogP contribution in [-0.2, 0) is 23.2 Å². The fourth-order valence-electron chi connectivity index (χ4n) is 5.37. The predicted octanol–water partition coefficient (Wildman–Crippen LogP) is 7.72. The number of nitro benzene ring substituents is 2. The second-order valence-corrected chi connectivity index (χ2v) is 13.0. The van der Waals surface area contributed by atoms with Crippen LogP contribution in [0.15, 0.2) is 120 Å². The van der Waals surface area contributed by atoms with Crippen LogP contribution < -0.4 is 13.8 Å². The van der Waals surface area contributed by atoms with Crippen LogP contribution in [0.2, 0.25) is 0 Å². The van der Waals surface area contributed by atoms with Gasteiger partial charge in [-0.2, -0.15) is 0 Å². The lowest BCUT2D eigenvalue weighted by molar-refractivity contribution is -0.394. The molecule has 11 nitrogen and oxygen atoms in total. The first-order chi connectivity index (χ1) is 23.1. The molecule has 1 heterocycles. The molecule has 0 aliphatic carbocycles. The maximum absolute atomic E-state index is 13.9. The van der Waals surface area contributed by atoms with Crippen LogP contribution in [0.1, 0.15) is 27.8 Å². The molecule has 0 spiro atoms. The number of nitrogens with zero attached hydrogens (tertiary/aromatic N) is 3. The number of aryl methyl sites for hydroxylation is 1. The van der Waals surface area contributed by atoms with E-state index >= 15 is 0 Å². The van der Waals surface area contributed by atoms with Crippen LogP contribution in [0.25, 0.3) is 11.6 Å². The largest absolute Gasteiger partial charge is 0.489 e. The Labute approximate surface area is 276 Å². The van der Waals surface area contributed by atoms with Gasteiger partial charge in [0.2, 0.25) is 0 Å². The number of rotatable bonds is 11. The van der Waals surface area contributed by atoms with Gasteiger partial charge >= 0.3 is 0 Å². The van der Waals surface area contributed by atoms with Gasteiger partial charge < -0.3 is 9.47 Å². The highest BCUT2D eigenvalue weighted by molar-refractivity contribution is 7.92. The number of fused-ring (bicyclic) bond motifs is 1. The van der Waals surface area contributed by atoms with E-state index in [-0.39, 0.29) is 34.9 Å². The zero-order valence-corrected chi connectivity index (χ0v) is 26.5. The van der Waals surface area contributed by atoms with E-state index in [0.717, 1.165) is 33.1 Å². The molecule has 6 rings (SSSR count). The first kappa shape index (κ1) is 32.0. The SMILES string of the molecule is Cc1ccc(S(=O)(=O)N2C/C(=C\c3ccc(OCc4ccccc4)cc3OCc3ccccc3)c3c2cc([N+](=O)[O-])cc3[N+](=O)[O-])cc1. The van der Waals surface area contributed by atoms with E-state index in [1.165, 1.54) is 12.1 Å². The topological polar surface area (TPSA) is 142 Å². The lowest BCUT2D eigenvalue weighted by atomic mass is 10.0. The van der Waals surface area contributed by atoms with Crippen molar-refractivity contribution in [1.29, 1.82) is 0 Å². The molecule has 5 aromatic carbocycles. The third-order valence-electron chi connectivity index (χ3n) is 7.80. The van der Waals surface area contributed by atoms with Crippen molar-refractivity contribution in [2.24, 2.45) is 0 Å². The molecular formula is C36H29N3O8S. The van der Waals surface area contributed by atoms with Gasteiger partial charge in [-0.1, -0.05) is 78.4 Å². The van der Waals surface area contributed by atoms with Gasteiger partial charge in [-0.05, 0) is 54.0 Å². The second-order valence-electron chi connectivity index (χ2n) is 11.1. The second kappa shape index (κ2) is 13.4. The number of ether oxygens (including phenoxy) is 2. The number of hydrogen-bond acceptors (Lipinski definition) is 8. The number of anilines is 1. The van der Waals surface area contributed by atoms with E-state index in [1.807, 2.05) is 67.6 Å². The summed E-state index contributed by atoms with van der Waals surface area (Å²) in [7, 11) is -4.28. The molecule has 0 N–H and O–H groups in total. The van der Waals surface area contributed by atoms with Crippen molar-refractivity contribution in [2.45, 2.75) is 25.0 Å². The smallest absolute Gasteiger partial charge is 0.285 e.